The van der Waals surface area contributed by atoms with Crippen molar-refractivity contribution in [3.8, 4) is 34.4 Å². The van der Waals surface area contributed by atoms with Crippen LogP contribution in [-0.2, 0) is 12.8 Å². The van der Waals surface area contributed by atoms with E-state index in [2.05, 4.69) is 12.1 Å². The fourth-order valence-electron chi connectivity index (χ4n) is 4.42. The van der Waals surface area contributed by atoms with E-state index in [1.165, 1.54) is 0 Å². The molecule has 0 spiro atoms. The number of nitrogens with zero attached hydrogens (tertiary/aromatic N) is 2. The van der Waals surface area contributed by atoms with Crippen LogP contribution in [0.15, 0.2) is 36.4 Å². The molecule has 144 valence electrons. The summed E-state index contributed by atoms with van der Waals surface area (Å²) in [6.07, 6.45) is 1.69. The lowest BCUT2D eigenvalue weighted by atomic mass is 9.90. The average Bonchev–Trinajstić information content (AvgIpc) is 3.32. The van der Waals surface area contributed by atoms with E-state index in [9.17, 15) is 10.0 Å². The summed E-state index contributed by atoms with van der Waals surface area (Å²) in [6.45, 7) is 0. The Balaban J connectivity index is 1.49. The van der Waals surface area contributed by atoms with Gasteiger partial charge in [0.1, 0.15) is 22.5 Å². The molecular weight excluding hydrogens is 386 g/mol. The van der Waals surface area contributed by atoms with Gasteiger partial charge in [0.05, 0.1) is 11.4 Å². The predicted molar refractivity (Wildman–Crippen MR) is 108 cm³/mol. The molecule has 0 saturated heterocycles. The first-order valence-corrected chi connectivity index (χ1v) is 9.60. The van der Waals surface area contributed by atoms with Gasteiger partial charge in [-0.1, -0.05) is 0 Å². The summed E-state index contributed by atoms with van der Waals surface area (Å²) in [5.41, 5.74) is 4.94. The van der Waals surface area contributed by atoms with E-state index >= 15 is 0 Å². The number of aryl methyl sites for hydroxylation is 2. The highest BCUT2D eigenvalue weighted by Gasteiger charge is 2.35. The summed E-state index contributed by atoms with van der Waals surface area (Å²) >= 11 is 0. The zero-order valence-corrected chi connectivity index (χ0v) is 15.5. The van der Waals surface area contributed by atoms with Gasteiger partial charge in [-0.15, -0.1) is 0 Å². The maximum absolute atomic E-state index is 9.70. The second-order valence-corrected chi connectivity index (χ2v) is 7.51. The monoisotopic (exact) mass is 398 g/mol. The normalized spacial score (nSPS) is 15.7. The standard InChI is InChI=1S/C20H12B2N2O6/c25-21-27-13-5-3-11-7-9-1-2-10-8-12-4-6-14-20(30-22(26)28-14)18(12)24-16(10)15(9)23-17(11)19(13)29-21/h3-8,25-26H,1-2H2. The minimum absolute atomic E-state index is 0.427. The van der Waals surface area contributed by atoms with Crippen LogP contribution in [0.1, 0.15) is 11.1 Å². The summed E-state index contributed by atoms with van der Waals surface area (Å²) in [5, 5.41) is 21.2. The molecule has 0 fully saturated rings. The van der Waals surface area contributed by atoms with Gasteiger partial charge in [0, 0.05) is 10.8 Å². The van der Waals surface area contributed by atoms with Crippen LogP contribution in [0.4, 0.5) is 0 Å². The van der Waals surface area contributed by atoms with Crippen LogP contribution >= 0.6 is 0 Å². The first-order chi connectivity index (χ1) is 14.6. The van der Waals surface area contributed by atoms with Crippen molar-refractivity contribution in [3.05, 3.63) is 47.5 Å². The van der Waals surface area contributed by atoms with Crippen molar-refractivity contribution in [1.82, 2.24) is 9.97 Å². The third-order valence-corrected chi connectivity index (χ3v) is 5.75. The molecule has 4 aromatic rings. The molecule has 2 aliphatic heterocycles. The summed E-state index contributed by atoms with van der Waals surface area (Å²) in [4.78, 5) is 9.76. The minimum atomic E-state index is -1.33. The summed E-state index contributed by atoms with van der Waals surface area (Å²) in [6, 6.07) is 11.5. The lowest BCUT2D eigenvalue weighted by Crippen LogP contribution is -2.23. The van der Waals surface area contributed by atoms with Crippen molar-refractivity contribution >= 4 is 36.4 Å². The van der Waals surface area contributed by atoms with Crippen LogP contribution < -0.4 is 18.6 Å². The number of hydrogen-bond donors (Lipinski definition) is 2. The fourth-order valence-corrected chi connectivity index (χ4v) is 4.42. The topological polar surface area (TPSA) is 103 Å². The van der Waals surface area contributed by atoms with E-state index in [0.29, 0.717) is 34.0 Å². The Morgan fingerprint density at radius 2 is 1.13 bits per heavy atom. The maximum Gasteiger partial charge on any atom is 0.785 e. The Bertz CT molecular complexity index is 1300. The molecule has 0 bridgehead atoms. The molecule has 2 aromatic heterocycles. The van der Waals surface area contributed by atoms with Gasteiger partial charge in [0.2, 0.25) is 0 Å². The van der Waals surface area contributed by atoms with Crippen LogP contribution in [0.3, 0.4) is 0 Å². The lowest BCUT2D eigenvalue weighted by molar-refractivity contribution is 0.341. The Morgan fingerprint density at radius 3 is 1.60 bits per heavy atom. The highest BCUT2D eigenvalue weighted by Crippen LogP contribution is 2.44. The minimum Gasteiger partial charge on any atom is -0.498 e. The molecule has 4 heterocycles. The fraction of sp³-hybridized carbons (Fsp3) is 0.100. The summed E-state index contributed by atoms with van der Waals surface area (Å²) < 4.78 is 21.4. The maximum atomic E-state index is 9.70. The van der Waals surface area contributed by atoms with Gasteiger partial charge in [-0.3, -0.25) is 0 Å². The third-order valence-electron chi connectivity index (χ3n) is 5.75. The SMILES string of the molecule is OB1Oc2ccc3cc4c(nc3c2O1)-c1nc2c3c(ccc2cc1CC4)OB(O)O3. The Kier molecular flexibility index (Phi) is 3.02. The highest BCUT2D eigenvalue weighted by molar-refractivity contribution is 6.39. The van der Waals surface area contributed by atoms with Crippen molar-refractivity contribution in [1.29, 1.82) is 0 Å². The van der Waals surface area contributed by atoms with Crippen LogP contribution in [0.25, 0.3) is 33.2 Å². The number of hydrogen-bond acceptors (Lipinski definition) is 8. The van der Waals surface area contributed by atoms with Gasteiger partial charge >= 0.3 is 14.6 Å². The van der Waals surface area contributed by atoms with E-state index < -0.39 is 14.6 Å². The van der Waals surface area contributed by atoms with Crippen molar-refractivity contribution in [2.45, 2.75) is 12.8 Å². The molecule has 2 aromatic carbocycles. The van der Waals surface area contributed by atoms with Crippen LogP contribution in [0.5, 0.6) is 23.0 Å². The molecule has 0 amide bonds. The van der Waals surface area contributed by atoms with E-state index in [1.54, 1.807) is 12.1 Å². The number of fused-ring (bicyclic) bond motifs is 9. The first kappa shape index (κ1) is 16.3. The molecule has 0 saturated carbocycles. The molecule has 7 rings (SSSR count). The van der Waals surface area contributed by atoms with Crippen molar-refractivity contribution in [2.24, 2.45) is 0 Å². The van der Waals surface area contributed by atoms with Crippen LogP contribution in [0, 0.1) is 0 Å². The Hall–Kier alpha value is -3.49. The van der Waals surface area contributed by atoms with Crippen LogP contribution in [-0.4, -0.2) is 34.7 Å². The van der Waals surface area contributed by atoms with E-state index in [1.807, 2.05) is 12.1 Å². The number of pyridine rings is 2. The zero-order chi connectivity index (χ0) is 20.0. The van der Waals surface area contributed by atoms with Gasteiger partial charge in [0.25, 0.3) is 0 Å². The van der Waals surface area contributed by atoms with Crippen molar-refractivity contribution in [3.63, 3.8) is 0 Å². The van der Waals surface area contributed by atoms with E-state index in [0.717, 1.165) is 46.1 Å². The van der Waals surface area contributed by atoms with Crippen molar-refractivity contribution in [2.75, 3.05) is 0 Å². The molecule has 3 aliphatic rings. The molecule has 8 nitrogen and oxygen atoms in total. The third kappa shape index (κ3) is 2.14. The quantitative estimate of drug-likeness (QED) is 0.434. The number of rotatable bonds is 0. The van der Waals surface area contributed by atoms with E-state index in [4.69, 9.17) is 28.6 Å². The molecule has 30 heavy (non-hydrogen) atoms. The number of aromatic nitrogens is 2. The zero-order valence-electron chi connectivity index (χ0n) is 15.5. The van der Waals surface area contributed by atoms with Gasteiger partial charge < -0.3 is 28.7 Å². The molecule has 0 atom stereocenters. The smallest absolute Gasteiger partial charge is 0.498 e. The second-order valence-electron chi connectivity index (χ2n) is 7.51. The molecular formula is C20H12B2N2O6. The largest absolute Gasteiger partial charge is 0.785 e. The first-order valence-electron chi connectivity index (χ1n) is 9.60. The molecule has 0 radical (unpaired) electrons. The predicted octanol–water partition coefficient (Wildman–Crippen LogP) is 2.05. The second kappa shape index (κ2) is 5.56. The number of benzene rings is 2. The average molecular weight is 398 g/mol. The highest BCUT2D eigenvalue weighted by atomic mass is 16.7. The summed E-state index contributed by atoms with van der Waals surface area (Å²) in [5.74, 6) is 1.78. The molecule has 10 heteroatoms. The lowest BCUT2D eigenvalue weighted by Gasteiger charge is -2.20. The van der Waals surface area contributed by atoms with Gasteiger partial charge in [-0.25, -0.2) is 9.97 Å². The molecule has 2 N–H and O–H groups in total. The van der Waals surface area contributed by atoms with Crippen molar-refractivity contribution < 1.29 is 28.7 Å². The summed E-state index contributed by atoms with van der Waals surface area (Å²) in [7, 11) is -2.66. The van der Waals surface area contributed by atoms with Crippen LogP contribution in [0.2, 0.25) is 0 Å². The van der Waals surface area contributed by atoms with Gasteiger partial charge in [-0.2, -0.15) is 0 Å². The molecule has 1 aliphatic carbocycles. The Labute approximate surface area is 170 Å². The van der Waals surface area contributed by atoms with Gasteiger partial charge in [0.15, 0.2) is 11.5 Å². The van der Waals surface area contributed by atoms with E-state index in [-0.39, 0.29) is 0 Å². The van der Waals surface area contributed by atoms with Gasteiger partial charge in [-0.05, 0) is 60.4 Å². The Morgan fingerprint density at radius 1 is 0.667 bits per heavy atom. The molecule has 0 unspecified atom stereocenters.